The first kappa shape index (κ1) is 17.1. The summed E-state index contributed by atoms with van der Waals surface area (Å²) in [6.07, 6.45) is 7.07. The van der Waals surface area contributed by atoms with Crippen molar-refractivity contribution >= 4 is 6.09 Å². The first-order valence-corrected chi connectivity index (χ1v) is 8.98. The Balaban J connectivity index is 1.49. The average molecular weight is 335 g/mol. The van der Waals surface area contributed by atoms with E-state index in [4.69, 9.17) is 9.47 Å². The fourth-order valence-corrected chi connectivity index (χ4v) is 3.59. The highest BCUT2D eigenvalue weighted by Gasteiger charge is 2.28. The number of benzene rings is 1. The molecule has 1 saturated carbocycles. The van der Waals surface area contributed by atoms with Gasteiger partial charge in [0.1, 0.15) is 6.10 Å². The van der Waals surface area contributed by atoms with E-state index in [1.54, 1.807) is 11.0 Å². The number of hydrogen-bond acceptors (Lipinski definition) is 3. The lowest BCUT2D eigenvalue weighted by molar-refractivity contribution is 0.137. The molecule has 3 rings (SSSR count). The average Bonchev–Trinajstić information content (AvgIpc) is 2.88. The highest BCUT2D eigenvalue weighted by Crippen LogP contribution is 2.27. The summed E-state index contributed by atoms with van der Waals surface area (Å²) in [7, 11) is 0. The molecule has 2 fully saturated rings. The van der Waals surface area contributed by atoms with Gasteiger partial charge in [-0.1, -0.05) is 38.2 Å². The van der Waals surface area contributed by atoms with Crippen molar-refractivity contribution in [3.63, 3.8) is 0 Å². The molecule has 0 N–H and O–H groups in total. The van der Waals surface area contributed by atoms with Gasteiger partial charge in [-0.15, -0.1) is 0 Å². The zero-order valence-corrected chi connectivity index (χ0v) is 14.3. The molecule has 1 amide bonds. The normalized spacial score (nSPS) is 21.8. The Morgan fingerprint density at radius 1 is 1.29 bits per heavy atom. The van der Waals surface area contributed by atoms with Crippen molar-refractivity contribution in [3.8, 4) is 5.75 Å². The summed E-state index contributed by atoms with van der Waals surface area (Å²) in [5, 5.41) is 0. The number of rotatable bonds is 6. The largest absolute Gasteiger partial charge is 0.491 e. The van der Waals surface area contributed by atoms with Crippen molar-refractivity contribution in [2.75, 3.05) is 13.2 Å². The molecule has 5 heteroatoms. The number of cyclic esters (lactones) is 1. The lowest BCUT2D eigenvalue weighted by atomic mass is 9.87. The van der Waals surface area contributed by atoms with Crippen LogP contribution in [0.5, 0.6) is 5.75 Å². The smallest absolute Gasteiger partial charge is 0.410 e. The molecule has 1 aromatic carbocycles. The van der Waals surface area contributed by atoms with Gasteiger partial charge < -0.3 is 14.4 Å². The number of halogens is 1. The number of carbonyl (C=O) groups excluding carboxylic acids is 1. The van der Waals surface area contributed by atoms with Gasteiger partial charge in [0, 0.05) is 6.54 Å². The van der Waals surface area contributed by atoms with Gasteiger partial charge in [0.05, 0.1) is 13.2 Å². The first-order chi connectivity index (χ1) is 11.6. The molecule has 24 heavy (non-hydrogen) atoms. The van der Waals surface area contributed by atoms with Crippen LogP contribution in [0.25, 0.3) is 0 Å². The summed E-state index contributed by atoms with van der Waals surface area (Å²) in [6, 6.07) is 4.93. The molecule has 132 valence electrons. The molecule has 1 heterocycles. The fourth-order valence-electron chi connectivity index (χ4n) is 3.59. The van der Waals surface area contributed by atoms with Gasteiger partial charge in [0.2, 0.25) is 0 Å². The minimum atomic E-state index is -0.364. The zero-order chi connectivity index (χ0) is 16.9. The topological polar surface area (TPSA) is 38.8 Å². The SMILES string of the molecule is C[C@@H]1CN(Cc2ccc(OCCC3CCCCC3)c(F)c2)C(=O)O1. The maximum absolute atomic E-state index is 14.2. The fraction of sp³-hybridized carbons (Fsp3) is 0.632. The standard InChI is InChI=1S/C19H26FNO3/c1-14-12-21(19(22)24-14)13-16-7-8-18(17(20)11-16)23-10-9-15-5-3-2-4-6-15/h7-8,11,14-15H,2-6,9-10,12-13H2,1H3/t14-/m1/s1. The van der Waals surface area contributed by atoms with Gasteiger partial charge in [-0.2, -0.15) is 0 Å². The highest BCUT2D eigenvalue weighted by molar-refractivity contribution is 5.69. The molecule has 0 unspecified atom stereocenters. The van der Waals surface area contributed by atoms with Crippen LogP contribution in [0.3, 0.4) is 0 Å². The minimum absolute atomic E-state index is 0.107. The van der Waals surface area contributed by atoms with E-state index in [0.717, 1.165) is 17.9 Å². The lowest BCUT2D eigenvalue weighted by Crippen LogP contribution is -2.24. The molecule has 1 atom stereocenters. The second-order valence-corrected chi connectivity index (χ2v) is 6.98. The maximum Gasteiger partial charge on any atom is 0.410 e. The van der Waals surface area contributed by atoms with E-state index in [-0.39, 0.29) is 18.0 Å². The van der Waals surface area contributed by atoms with E-state index < -0.39 is 0 Å². The second kappa shape index (κ2) is 7.86. The Labute approximate surface area is 142 Å². The third-order valence-electron chi connectivity index (χ3n) is 4.92. The van der Waals surface area contributed by atoms with E-state index in [2.05, 4.69) is 0 Å². The summed E-state index contributed by atoms with van der Waals surface area (Å²) >= 11 is 0. The van der Waals surface area contributed by atoms with Gasteiger partial charge >= 0.3 is 6.09 Å². The quantitative estimate of drug-likeness (QED) is 0.767. The number of hydrogen-bond donors (Lipinski definition) is 0. The van der Waals surface area contributed by atoms with Crippen LogP contribution in [0.1, 0.15) is 51.0 Å². The molecule has 2 aliphatic rings. The van der Waals surface area contributed by atoms with Crippen LogP contribution in [0.2, 0.25) is 0 Å². The minimum Gasteiger partial charge on any atom is -0.491 e. The Bertz CT molecular complexity index is 572. The summed E-state index contributed by atoms with van der Waals surface area (Å²) in [6.45, 7) is 3.32. The molecule has 4 nitrogen and oxygen atoms in total. The van der Waals surface area contributed by atoms with Crippen molar-refractivity contribution in [2.45, 2.75) is 58.1 Å². The van der Waals surface area contributed by atoms with E-state index in [9.17, 15) is 9.18 Å². The van der Waals surface area contributed by atoms with Crippen molar-refractivity contribution in [1.82, 2.24) is 4.90 Å². The molecule has 1 aliphatic carbocycles. The van der Waals surface area contributed by atoms with E-state index in [1.165, 1.54) is 38.2 Å². The summed E-state index contributed by atoms with van der Waals surface area (Å²) in [5.41, 5.74) is 0.748. The Morgan fingerprint density at radius 3 is 2.75 bits per heavy atom. The zero-order valence-electron chi connectivity index (χ0n) is 14.3. The van der Waals surface area contributed by atoms with Gasteiger partial charge in [0.25, 0.3) is 0 Å². The van der Waals surface area contributed by atoms with E-state index in [1.807, 2.05) is 13.0 Å². The Morgan fingerprint density at radius 2 is 2.08 bits per heavy atom. The predicted octanol–water partition coefficient (Wildman–Crippen LogP) is 4.52. The molecule has 1 saturated heterocycles. The molecular formula is C19H26FNO3. The molecule has 1 aromatic rings. The van der Waals surface area contributed by atoms with Crippen LogP contribution in [-0.4, -0.2) is 30.2 Å². The third kappa shape index (κ3) is 4.40. The number of amides is 1. The van der Waals surface area contributed by atoms with Crippen LogP contribution < -0.4 is 4.74 Å². The van der Waals surface area contributed by atoms with Crippen LogP contribution in [0, 0.1) is 11.7 Å². The van der Waals surface area contributed by atoms with E-state index >= 15 is 0 Å². The summed E-state index contributed by atoms with van der Waals surface area (Å²) in [5.74, 6) is 0.660. The number of nitrogens with zero attached hydrogens (tertiary/aromatic N) is 1. The molecule has 0 bridgehead atoms. The molecule has 1 aliphatic heterocycles. The maximum atomic E-state index is 14.2. The molecule has 0 spiro atoms. The summed E-state index contributed by atoms with van der Waals surface area (Å²) in [4.78, 5) is 13.2. The second-order valence-electron chi connectivity index (χ2n) is 6.98. The first-order valence-electron chi connectivity index (χ1n) is 8.98. The molecular weight excluding hydrogens is 309 g/mol. The van der Waals surface area contributed by atoms with Crippen LogP contribution >= 0.6 is 0 Å². The van der Waals surface area contributed by atoms with Crippen molar-refractivity contribution in [2.24, 2.45) is 5.92 Å². The van der Waals surface area contributed by atoms with Crippen LogP contribution in [-0.2, 0) is 11.3 Å². The van der Waals surface area contributed by atoms with Gasteiger partial charge in [0.15, 0.2) is 11.6 Å². The molecule has 0 aromatic heterocycles. The van der Waals surface area contributed by atoms with Gasteiger partial charge in [-0.25, -0.2) is 9.18 Å². The van der Waals surface area contributed by atoms with E-state index in [0.29, 0.717) is 25.4 Å². The van der Waals surface area contributed by atoms with Crippen molar-refractivity contribution < 1.29 is 18.7 Å². The van der Waals surface area contributed by atoms with Crippen molar-refractivity contribution in [3.05, 3.63) is 29.6 Å². The van der Waals surface area contributed by atoms with Crippen LogP contribution in [0.15, 0.2) is 18.2 Å². The van der Waals surface area contributed by atoms with Gasteiger partial charge in [-0.05, 0) is 37.0 Å². The van der Waals surface area contributed by atoms with Crippen LogP contribution in [0.4, 0.5) is 9.18 Å². The monoisotopic (exact) mass is 335 g/mol. The molecule has 0 radical (unpaired) electrons. The number of carbonyl (C=O) groups is 1. The summed E-state index contributed by atoms with van der Waals surface area (Å²) < 4.78 is 24.9. The lowest BCUT2D eigenvalue weighted by Gasteiger charge is -2.21. The van der Waals surface area contributed by atoms with Crippen molar-refractivity contribution in [1.29, 1.82) is 0 Å². The third-order valence-corrected chi connectivity index (χ3v) is 4.92. The number of ether oxygens (including phenoxy) is 2. The Kier molecular flexibility index (Phi) is 5.59. The predicted molar refractivity (Wildman–Crippen MR) is 89.4 cm³/mol. The highest BCUT2D eigenvalue weighted by atomic mass is 19.1. The van der Waals surface area contributed by atoms with Gasteiger partial charge in [-0.3, -0.25) is 0 Å². The Hall–Kier alpha value is -1.78.